The number of halogens is 1. The van der Waals surface area contributed by atoms with Crippen LogP contribution in [0.4, 0.5) is 10.2 Å². The Hall–Kier alpha value is -2.50. The molecule has 1 aromatic carbocycles. The van der Waals surface area contributed by atoms with Gasteiger partial charge in [0.15, 0.2) is 5.58 Å². The Morgan fingerprint density at radius 2 is 2.18 bits per heavy atom. The van der Waals surface area contributed by atoms with Crippen LogP contribution in [0, 0.1) is 5.82 Å². The van der Waals surface area contributed by atoms with Crippen molar-refractivity contribution >= 4 is 16.8 Å². The van der Waals surface area contributed by atoms with Crippen molar-refractivity contribution in [2.45, 2.75) is 25.3 Å². The van der Waals surface area contributed by atoms with Gasteiger partial charge in [-0.1, -0.05) is 5.16 Å². The molecule has 0 unspecified atom stereocenters. The molecule has 2 aromatic heterocycles. The van der Waals surface area contributed by atoms with Gasteiger partial charge >= 0.3 is 0 Å². The van der Waals surface area contributed by atoms with Crippen LogP contribution in [0.15, 0.2) is 35.0 Å². The summed E-state index contributed by atoms with van der Waals surface area (Å²) in [7, 11) is 1.95. The molecular formula is C16H15FN4O. The van der Waals surface area contributed by atoms with Crippen molar-refractivity contribution in [2.75, 3.05) is 11.9 Å². The number of hydrogen-bond acceptors (Lipinski definition) is 5. The van der Waals surface area contributed by atoms with Crippen LogP contribution in [0.5, 0.6) is 0 Å². The molecule has 0 saturated heterocycles. The van der Waals surface area contributed by atoms with Gasteiger partial charge in [0.25, 0.3) is 0 Å². The zero-order chi connectivity index (χ0) is 15.1. The Morgan fingerprint density at radius 1 is 1.32 bits per heavy atom. The van der Waals surface area contributed by atoms with Crippen molar-refractivity contribution < 1.29 is 8.91 Å². The van der Waals surface area contributed by atoms with Gasteiger partial charge in [-0.25, -0.2) is 14.4 Å². The molecule has 2 heterocycles. The van der Waals surface area contributed by atoms with Crippen LogP contribution in [0.3, 0.4) is 0 Å². The first-order chi connectivity index (χ1) is 10.7. The Bertz CT molecular complexity index is 828. The Morgan fingerprint density at radius 3 is 3.00 bits per heavy atom. The van der Waals surface area contributed by atoms with Gasteiger partial charge in [0.05, 0.1) is 6.54 Å². The average molecular weight is 298 g/mol. The van der Waals surface area contributed by atoms with E-state index >= 15 is 0 Å². The van der Waals surface area contributed by atoms with Crippen LogP contribution in [0.2, 0.25) is 0 Å². The van der Waals surface area contributed by atoms with Gasteiger partial charge in [-0.15, -0.1) is 0 Å². The van der Waals surface area contributed by atoms with E-state index in [1.165, 1.54) is 25.0 Å². The second-order valence-electron chi connectivity index (χ2n) is 5.67. The standard InChI is InChI=1S/C16H15FN4O/c1-21(15-6-7-18-16(19-15)10-2-3-10)9-13-12-5-4-11(17)8-14(12)22-20-13/h4-8,10H,2-3,9H2,1H3. The summed E-state index contributed by atoms with van der Waals surface area (Å²) in [5.41, 5.74) is 1.23. The molecule has 0 amide bonds. The van der Waals surface area contributed by atoms with E-state index < -0.39 is 0 Å². The van der Waals surface area contributed by atoms with E-state index in [0.29, 0.717) is 18.0 Å². The maximum atomic E-state index is 13.2. The predicted octanol–water partition coefficient (Wildman–Crippen LogP) is 3.27. The van der Waals surface area contributed by atoms with Gasteiger partial charge in [-0.05, 0) is 31.0 Å². The van der Waals surface area contributed by atoms with Crippen LogP contribution >= 0.6 is 0 Å². The summed E-state index contributed by atoms with van der Waals surface area (Å²) < 4.78 is 18.4. The van der Waals surface area contributed by atoms with Crippen molar-refractivity contribution in [3.8, 4) is 0 Å². The molecule has 1 saturated carbocycles. The monoisotopic (exact) mass is 298 g/mol. The van der Waals surface area contributed by atoms with Gasteiger partial charge in [0, 0.05) is 30.6 Å². The van der Waals surface area contributed by atoms with E-state index in [9.17, 15) is 4.39 Å². The first-order valence-electron chi connectivity index (χ1n) is 7.28. The third-order valence-electron chi connectivity index (χ3n) is 3.89. The minimum atomic E-state index is -0.326. The summed E-state index contributed by atoms with van der Waals surface area (Å²) in [6.07, 6.45) is 4.14. The number of rotatable bonds is 4. The van der Waals surface area contributed by atoms with Crippen LogP contribution in [-0.4, -0.2) is 22.2 Å². The molecule has 0 spiro atoms. The van der Waals surface area contributed by atoms with E-state index in [1.54, 1.807) is 12.3 Å². The first kappa shape index (κ1) is 13.2. The Labute approximate surface area is 126 Å². The molecule has 22 heavy (non-hydrogen) atoms. The normalized spacial score (nSPS) is 14.5. The van der Waals surface area contributed by atoms with Crippen LogP contribution in [-0.2, 0) is 6.54 Å². The summed E-state index contributed by atoms with van der Waals surface area (Å²) in [5, 5.41) is 4.87. The summed E-state index contributed by atoms with van der Waals surface area (Å²) in [6.45, 7) is 0.541. The molecule has 4 rings (SSSR count). The number of nitrogens with zero attached hydrogens (tertiary/aromatic N) is 4. The molecule has 1 fully saturated rings. The number of benzene rings is 1. The number of aromatic nitrogens is 3. The maximum Gasteiger partial charge on any atom is 0.170 e. The largest absolute Gasteiger partial charge is 0.356 e. The lowest BCUT2D eigenvalue weighted by molar-refractivity contribution is 0.444. The number of hydrogen-bond donors (Lipinski definition) is 0. The third-order valence-corrected chi connectivity index (χ3v) is 3.89. The van der Waals surface area contributed by atoms with Crippen LogP contribution < -0.4 is 4.90 Å². The smallest absolute Gasteiger partial charge is 0.170 e. The van der Waals surface area contributed by atoms with Crippen molar-refractivity contribution in [3.63, 3.8) is 0 Å². The zero-order valence-electron chi connectivity index (χ0n) is 12.2. The molecule has 6 heteroatoms. The van der Waals surface area contributed by atoms with E-state index in [1.807, 2.05) is 18.0 Å². The van der Waals surface area contributed by atoms with Crippen LogP contribution in [0.1, 0.15) is 30.3 Å². The van der Waals surface area contributed by atoms with Gasteiger partial charge in [-0.2, -0.15) is 0 Å². The van der Waals surface area contributed by atoms with E-state index in [0.717, 1.165) is 22.7 Å². The molecular weight excluding hydrogens is 283 g/mol. The minimum absolute atomic E-state index is 0.326. The van der Waals surface area contributed by atoms with E-state index in [4.69, 9.17) is 4.52 Å². The summed E-state index contributed by atoms with van der Waals surface area (Å²) in [5.74, 6) is 1.96. The lowest BCUT2D eigenvalue weighted by Crippen LogP contribution is -2.18. The lowest BCUT2D eigenvalue weighted by atomic mass is 10.2. The molecule has 1 aliphatic carbocycles. The maximum absolute atomic E-state index is 13.2. The first-order valence-corrected chi connectivity index (χ1v) is 7.28. The predicted molar refractivity (Wildman–Crippen MR) is 80.1 cm³/mol. The van der Waals surface area contributed by atoms with Crippen molar-refractivity contribution in [3.05, 3.63) is 47.8 Å². The van der Waals surface area contributed by atoms with E-state index in [2.05, 4.69) is 15.1 Å². The Kier molecular flexibility index (Phi) is 3.03. The van der Waals surface area contributed by atoms with Crippen molar-refractivity contribution in [1.29, 1.82) is 0 Å². The second-order valence-corrected chi connectivity index (χ2v) is 5.67. The summed E-state index contributed by atoms with van der Waals surface area (Å²) >= 11 is 0. The third kappa shape index (κ3) is 2.41. The van der Waals surface area contributed by atoms with Crippen molar-refractivity contribution in [2.24, 2.45) is 0 Å². The molecule has 112 valence electrons. The van der Waals surface area contributed by atoms with Gasteiger partial charge < -0.3 is 9.42 Å². The molecule has 0 aliphatic heterocycles. The van der Waals surface area contributed by atoms with Crippen LogP contribution in [0.25, 0.3) is 11.0 Å². The highest BCUT2D eigenvalue weighted by Crippen LogP contribution is 2.38. The van der Waals surface area contributed by atoms with Gasteiger partial charge in [0.1, 0.15) is 23.2 Å². The van der Waals surface area contributed by atoms with Gasteiger partial charge in [-0.3, -0.25) is 0 Å². The highest BCUT2D eigenvalue weighted by molar-refractivity contribution is 5.79. The summed E-state index contributed by atoms with van der Waals surface area (Å²) in [6, 6.07) is 6.34. The second kappa shape index (κ2) is 5.05. The molecule has 3 aromatic rings. The van der Waals surface area contributed by atoms with Gasteiger partial charge in [0.2, 0.25) is 0 Å². The number of fused-ring (bicyclic) bond motifs is 1. The highest BCUT2D eigenvalue weighted by Gasteiger charge is 2.26. The molecule has 0 atom stereocenters. The molecule has 0 bridgehead atoms. The van der Waals surface area contributed by atoms with E-state index in [-0.39, 0.29) is 5.82 Å². The minimum Gasteiger partial charge on any atom is -0.356 e. The lowest BCUT2D eigenvalue weighted by Gasteiger charge is -2.17. The average Bonchev–Trinajstić information content (AvgIpc) is 3.31. The summed E-state index contributed by atoms with van der Waals surface area (Å²) in [4.78, 5) is 10.9. The quantitative estimate of drug-likeness (QED) is 0.740. The fourth-order valence-corrected chi connectivity index (χ4v) is 2.50. The highest BCUT2D eigenvalue weighted by atomic mass is 19.1. The SMILES string of the molecule is CN(Cc1noc2cc(F)ccc12)c1ccnc(C2CC2)n1. The molecule has 0 radical (unpaired) electrons. The topological polar surface area (TPSA) is 55.1 Å². The number of anilines is 1. The molecule has 5 nitrogen and oxygen atoms in total. The zero-order valence-corrected chi connectivity index (χ0v) is 12.2. The van der Waals surface area contributed by atoms with Crippen molar-refractivity contribution in [1.82, 2.24) is 15.1 Å². The molecule has 0 N–H and O–H groups in total. The fraction of sp³-hybridized carbons (Fsp3) is 0.312. The Balaban J connectivity index is 1.60. The molecule has 1 aliphatic rings. The fourth-order valence-electron chi connectivity index (χ4n) is 2.50.